The van der Waals surface area contributed by atoms with Crippen LogP contribution < -0.4 is 0 Å². The number of likely N-dealkylation sites (tertiary alicyclic amines) is 1. The lowest BCUT2D eigenvalue weighted by molar-refractivity contribution is 0.0737. The SMILES string of the molecule is Cc1ccccc1-c1cc(C(=O)N2CCCC2c2cccnc2)c2cnn(C(C)C)c2n1. The fraction of sp³-hybridized carbons (Fsp3) is 0.308. The number of amides is 1. The number of fused-ring (bicyclic) bond motifs is 1. The number of carbonyl (C=O) groups excluding carboxylic acids is 1. The van der Waals surface area contributed by atoms with Crippen LogP contribution in [0, 0.1) is 6.92 Å². The van der Waals surface area contributed by atoms with Gasteiger partial charge in [0.2, 0.25) is 0 Å². The van der Waals surface area contributed by atoms with E-state index in [1.54, 1.807) is 12.4 Å². The van der Waals surface area contributed by atoms with Gasteiger partial charge in [0.05, 0.1) is 28.9 Å². The Bertz CT molecular complexity index is 1280. The first-order valence-electron chi connectivity index (χ1n) is 11.2. The molecule has 1 fully saturated rings. The van der Waals surface area contributed by atoms with Gasteiger partial charge >= 0.3 is 0 Å². The fourth-order valence-electron chi connectivity index (χ4n) is 4.66. The maximum absolute atomic E-state index is 13.9. The van der Waals surface area contributed by atoms with Crippen LogP contribution in [-0.4, -0.2) is 37.1 Å². The molecule has 1 unspecified atom stereocenters. The second-order valence-corrected chi connectivity index (χ2v) is 8.73. The summed E-state index contributed by atoms with van der Waals surface area (Å²) in [4.78, 5) is 25.1. The van der Waals surface area contributed by atoms with Crippen molar-refractivity contribution in [1.29, 1.82) is 0 Å². The van der Waals surface area contributed by atoms with Gasteiger partial charge in [0, 0.05) is 30.5 Å². The molecule has 4 heterocycles. The van der Waals surface area contributed by atoms with Gasteiger partial charge in [-0.15, -0.1) is 0 Å². The number of carbonyl (C=O) groups is 1. The van der Waals surface area contributed by atoms with Crippen molar-refractivity contribution in [3.63, 3.8) is 0 Å². The minimum atomic E-state index is 0.0295. The second kappa shape index (κ2) is 8.19. The monoisotopic (exact) mass is 425 g/mol. The molecule has 162 valence electrons. The summed E-state index contributed by atoms with van der Waals surface area (Å²) in [5.41, 5.74) is 5.46. The Morgan fingerprint density at radius 3 is 2.72 bits per heavy atom. The quantitative estimate of drug-likeness (QED) is 0.442. The smallest absolute Gasteiger partial charge is 0.255 e. The van der Waals surface area contributed by atoms with Gasteiger partial charge in [-0.1, -0.05) is 30.3 Å². The second-order valence-electron chi connectivity index (χ2n) is 8.73. The first-order valence-corrected chi connectivity index (χ1v) is 11.2. The van der Waals surface area contributed by atoms with E-state index in [1.165, 1.54) is 0 Å². The van der Waals surface area contributed by atoms with Gasteiger partial charge in [-0.3, -0.25) is 9.78 Å². The molecule has 1 aromatic carbocycles. The van der Waals surface area contributed by atoms with Crippen LogP contribution in [0.3, 0.4) is 0 Å². The van der Waals surface area contributed by atoms with E-state index in [-0.39, 0.29) is 18.0 Å². The van der Waals surface area contributed by atoms with Crippen LogP contribution in [0.25, 0.3) is 22.3 Å². The van der Waals surface area contributed by atoms with Crippen molar-refractivity contribution in [3.8, 4) is 11.3 Å². The maximum atomic E-state index is 13.9. The molecule has 0 bridgehead atoms. The number of aromatic nitrogens is 4. The van der Waals surface area contributed by atoms with E-state index < -0.39 is 0 Å². The van der Waals surface area contributed by atoms with E-state index in [4.69, 9.17) is 4.98 Å². The summed E-state index contributed by atoms with van der Waals surface area (Å²) in [6, 6.07) is 14.3. The van der Waals surface area contributed by atoms with Crippen LogP contribution >= 0.6 is 0 Å². The van der Waals surface area contributed by atoms with Gasteiger partial charge < -0.3 is 4.90 Å². The third-order valence-electron chi connectivity index (χ3n) is 6.29. The Hall–Kier alpha value is -3.54. The van der Waals surface area contributed by atoms with E-state index in [1.807, 2.05) is 40.0 Å². The standard InChI is InChI=1S/C26H27N5O/c1-17(2)31-25-22(16-28-31)21(14-23(29-25)20-10-5-4-8-18(20)3)26(32)30-13-7-11-24(30)19-9-6-12-27-15-19/h4-6,8-10,12,14-17,24H,7,11,13H2,1-3H3. The molecular weight excluding hydrogens is 398 g/mol. The molecule has 0 saturated carbocycles. The van der Waals surface area contributed by atoms with E-state index in [2.05, 4.69) is 49.1 Å². The first kappa shape index (κ1) is 20.4. The molecule has 1 aliphatic heterocycles. The lowest BCUT2D eigenvalue weighted by Crippen LogP contribution is -2.30. The van der Waals surface area contributed by atoms with E-state index in [0.29, 0.717) is 5.56 Å². The van der Waals surface area contributed by atoms with Crippen LogP contribution in [0.1, 0.15) is 60.3 Å². The van der Waals surface area contributed by atoms with Crippen molar-refractivity contribution >= 4 is 16.9 Å². The lowest BCUT2D eigenvalue weighted by atomic mass is 10.0. The van der Waals surface area contributed by atoms with Gasteiger partial charge in [-0.2, -0.15) is 5.10 Å². The average molecular weight is 426 g/mol. The topological polar surface area (TPSA) is 63.9 Å². The van der Waals surface area contributed by atoms with E-state index in [9.17, 15) is 4.79 Å². The Morgan fingerprint density at radius 2 is 1.97 bits per heavy atom. The normalized spacial score (nSPS) is 16.2. The number of nitrogens with zero attached hydrogens (tertiary/aromatic N) is 5. The number of pyridine rings is 2. The summed E-state index contributed by atoms with van der Waals surface area (Å²) in [6.45, 7) is 6.96. The molecule has 1 amide bonds. The summed E-state index contributed by atoms with van der Waals surface area (Å²) in [5, 5.41) is 5.38. The Labute approximate surface area is 187 Å². The van der Waals surface area contributed by atoms with Gasteiger partial charge in [0.1, 0.15) is 0 Å². The molecule has 32 heavy (non-hydrogen) atoms. The van der Waals surface area contributed by atoms with Gasteiger partial charge in [0.15, 0.2) is 5.65 Å². The molecule has 5 rings (SSSR count). The Morgan fingerprint density at radius 1 is 1.12 bits per heavy atom. The number of rotatable bonds is 4. The van der Waals surface area contributed by atoms with Crippen LogP contribution in [0.2, 0.25) is 0 Å². The Kier molecular flexibility index (Phi) is 5.21. The molecule has 0 aliphatic carbocycles. The highest BCUT2D eigenvalue weighted by Gasteiger charge is 2.32. The van der Waals surface area contributed by atoms with E-state index in [0.717, 1.165) is 52.8 Å². The highest BCUT2D eigenvalue weighted by molar-refractivity contribution is 6.06. The van der Waals surface area contributed by atoms with Gasteiger partial charge in [0.25, 0.3) is 5.91 Å². The molecule has 0 radical (unpaired) electrons. The van der Waals surface area contributed by atoms with E-state index >= 15 is 0 Å². The molecule has 3 aromatic heterocycles. The largest absolute Gasteiger partial charge is 0.332 e. The van der Waals surface area contributed by atoms with Crippen LogP contribution in [0.4, 0.5) is 0 Å². The van der Waals surface area contributed by atoms with Crippen molar-refractivity contribution in [2.45, 2.75) is 45.7 Å². The minimum Gasteiger partial charge on any atom is -0.332 e. The zero-order valence-electron chi connectivity index (χ0n) is 18.7. The maximum Gasteiger partial charge on any atom is 0.255 e. The van der Waals surface area contributed by atoms with Crippen LogP contribution in [-0.2, 0) is 0 Å². The summed E-state index contributed by atoms with van der Waals surface area (Å²) < 4.78 is 1.90. The molecular formula is C26H27N5O. The predicted octanol–water partition coefficient (Wildman–Crippen LogP) is 5.36. The first-order chi connectivity index (χ1) is 15.5. The summed E-state index contributed by atoms with van der Waals surface area (Å²) in [6.07, 6.45) is 7.35. The molecule has 1 atom stereocenters. The van der Waals surface area contributed by atoms with Crippen molar-refractivity contribution < 1.29 is 4.79 Å². The lowest BCUT2D eigenvalue weighted by Gasteiger charge is -2.25. The molecule has 1 aliphatic rings. The van der Waals surface area contributed by atoms with Crippen molar-refractivity contribution in [1.82, 2.24) is 24.6 Å². The van der Waals surface area contributed by atoms with Crippen LogP contribution in [0.15, 0.2) is 61.1 Å². The number of hydrogen-bond acceptors (Lipinski definition) is 4. The third kappa shape index (κ3) is 3.45. The minimum absolute atomic E-state index is 0.0295. The molecule has 6 heteroatoms. The molecule has 4 aromatic rings. The highest BCUT2D eigenvalue weighted by Crippen LogP contribution is 2.35. The fourth-order valence-corrected chi connectivity index (χ4v) is 4.66. The number of hydrogen-bond donors (Lipinski definition) is 0. The zero-order valence-corrected chi connectivity index (χ0v) is 18.7. The van der Waals surface area contributed by atoms with Crippen molar-refractivity contribution in [2.75, 3.05) is 6.54 Å². The van der Waals surface area contributed by atoms with Crippen LogP contribution in [0.5, 0.6) is 0 Å². The number of aryl methyl sites for hydroxylation is 1. The zero-order chi connectivity index (χ0) is 22.2. The van der Waals surface area contributed by atoms with Crippen molar-refractivity contribution in [2.24, 2.45) is 0 Å². The summed E-state index contributed by atoms with van der Waals surface area (Å²) >= 11 is 0. The molecule has 1 saturated heterocycles. The predicted molar refractivity (Wildman–Crippen MR) is 125 cm³/mol. The molecule has 0 spiro atoms. The van der Waals surface area contributed by atoms with Crippen molar-refractivity contribution in [3.05, 3.63) is 77.7 Å². The molecule has 6 nitrogen and oxygen atoms in total. The summed E-state index contributed by atoms with van der Waals surface area (Å²) in [5.74, 6) is 0.0295. The van der Waals surface area contributed by atoms with Gasteiger partial charge in [-0.05, 0) is 56.9 Å². The summed E-state index contributed by atoms with van der Waals surface area (Å²) in [7, 11) is 0. The third-order valence-corrected chi connectivity index (χ3v) is 6.29. The number of benzene rings is 1. The molecule has 0 N–H and O–H groups in total. The average Bonchev–Trinajstić information content (AvgIpc) is 3.46. The van der Waals surface area contributed by atoms with Gasteiger partial charge in [-0.25, -0.2) is 9.67 Å². The highest BCUT2D eigenvalue weighted by atomic mass is 16.2. The Balaban J connectivity index is 1.66.